The van der Waals surface area contributed by atoms with Gasteiger partial charge in [-0.2, -0.15) is 13.2 Å². The molecule has 0 aromatic heterocycles. The van der Waals surface area contributed by atoms with Gasteiger partial charge in [0, 0.05) is 17.2 Å². The van der Waals surface area contributed by atoms with Crippen molar-refractivity contribution in [3.05, 3.63) is 71.0 Å². The summed E-state index contributed by atoms with van der Waals surface area (Å²) >= 11 is 0. The predicted octanol–water partition coefficient (Wildman–Crippen LogP) is 4.70. The minimum absolute atomic E-state index is 0.0629. The summed E-state index contributed by atoms with van der Waals surface area (Å²) in [6.07, 6.45) is -4.55. The summed E-state index contributed by atoms with van der Waals surface area (Å²) < 4.78 is 52.7. The number of rotatable bonds is 2. The van der Waals surface area contributed by atoms with Gasteiger partial charge in [-0.1, -0.05) is 30.3 Å². The SMILES string of the molecule is N=C1CC(c2ccccc2)C(=O)C1c1cc(C(F)(F)F)ccc1F. The first-order valence-electron chi connectivity index (χ1n) is 7.31. The van der Waals surface area contributed by atoms with Gasteiger partial charge in [0.15, 0.2) is 5.78 Å². The first kappa shape index (κ1) is 16.4. The lowest BCUT2D eigenvalue weighted by Gasteiger charge is -2.14. The van der Waals surface area contributed by atoms with Gasteiger partial charge in [0.25, 0.3) is 0 Å². The number of ketones is 1. The molecule has 1 N–H and O–H groups in total. The summed E-state index contributed by atoms with van der Waals surface area (Å²) in [6.45, 7) is 0. The maximum absolute atomic E-state index is 14.1. The summed E-state index contributed by atoms with van der Waals surface area (Å²) in [7, 11) is 0. The van der Waals surface area contributed by atoms with Crippen LogP contribution in [-0.2, 0) is 11.0 Å². The third kappa shape index (κ3) is 2.84. The van der Waals surface area contributed by atoms with Gasteiger partial charge in [-0.05, 0) is 30.2 Å². The van der Waals surface area contributed by atoms with Crippen molar-refractivity contribution in [3.63, 3.8) is 0 Å². The van der Waals surface area contributed by atoms with Crippen LogP contribution in [0.3, 0.4) is 0 Å². The number of carbonyl (C=O) groups is 1. The van der Waals surface area contributed by atoms with E-state index in [9.17, 15) is 22.4 Å². The number of Topliss-reactive ketones (excluding diaryl/α,β-unsaturated/α-hetero) is 1. The Morgan fingerprint density at radius 3 is 2.33 bits per heavy atom. The maximum atomic E-state index is 14.1. The molecule has 1 fully saturated rings. The minimum atomic E-state index is -4.63. The van der Waals surface area contributed by atoms with Gasteiger partial charge < -0.3 is 5.41 Å². The van der Waals surface area contributed by atoms with Crippen LogP contribution in [0.2, 0.25) is 0 Å². The van der Waals surface area contributed by atoms with Crippen LogP contribution in [-0.4, -0.2) is 11.5 Å². The second-order valence-electron chi connectivity index (χ2n) is 5.76. The first-order chi connectivity index (χ1) is 11.3. The average molecular weight is 335 g/mol. The van der Waals surface area contributed by atoms with E-state index in [1.807, 2.05) is 0 Å². The van der Waals surface area contributed by atoms with E-state index in [0.29, 0.717) is 23.8 Å². The Hall–Kier alpha value is -2.50. The molecule has 0 bridgehead atoms. The van der Waals surface area contributed by atoms with Crippen molar-refractivity contribution in [2.24, 2.45) is 0 Å². The standard InChI is InChI=1S/C18H13F4NO/c19-14-7-6-11(18(20,21)22)8-13(14)16-15(23)9-12(17(16)24)10-4-2-1-3-5-10/h1-8,12,16,23H,9H2. The summed E-state index contributed by atoms with van der Waals surface area (Å²) in [6, 6.07) is 10.7. The largest absolute Gasteiger partial charge is 0.416 e. The number of benzene rings is 2. The van der Waals surface area contributed by atoms with E-state index in [1.54, 1.807) is 30.3 Å². The van der Waals surface area contributed by atoms with E-state index in [4.69, 9.17) is 5.41 Å². The number of nitrogens with one attached hydrogen (secondary N) is 1. The molecule has 0 spiro atoms. The highest BCUT2D eigenvalue weighted by molar-refractivity contribution is 6.17. The van der Waals surface area contributed by atoms with Crippen LogP contribution in [0.1, 0.15) is 34.9 Å². The average Bonchev–Trinajstić information content (AvgIpc) is 2.83. The topological polar surface area (TPSA) is 40.9 Å². The highest BCUT2D eigenvalue weighted by Gasteiger charge is 2.42. The van der Waals surface area contributed by atoms with E-state index in [2.05, 4.69) is 0 Å². The van der Waals surface area contributed by atoms with Crippen molar-refractivity contribution >= 4 is 11.5 Å². The molecule has 1 aliphatic carbocycles. The lowest BCUT2D eigenvalue weighted by atomic mass is 9.90. The van der Waals surface area contributed by atoms with Crippen molar-refractivity contribution in [3.8, 4) is 0 Å². The molecule has 6 heteroatoms. The second kappa shape index (κ2) is 5.85. The Balaban J connectivity index is 2.01. The van der Waals surface area contributed by atoms with Crippen molar-refractivity contribution in [1.29, 1.82) is 5.41 Å². The van der Waals surface area contributed by atoms with Crippen molar-refractivity contribution < 1.29 is 22.4 Å². The van der Waals surface area contributed by atoms with Gasteiger partial charge in [-0.3, -0.25) is 4.79 Å². The monoisotopic (exact) mass is 335 g/mol. The van der Waals surface area contributed by atoms with Crippen LogP contribution in [0.5, 0.6) is 0 Å². The lowest BCUT2D eigenvalue weighted by molar-refractivity contribution is -0.137. The van der Waals surface area contributed by atoms with E-state index in [-0.39, 0.29) is 17.7 Å². The zero-order valence-electron chi connectivity index (χ0n) is 12.4. The molecule has 2 unspecified atom stereocenters. The Labute approximate surface area is 135 Å². The number of alkyl halides is 3. The Morgan fingerprint density at radius 1 is 1.04 bits per heavy atom. The zero-order valence-corrected chi connectivity index (χ0v) is 12.4. The van der Waals surface area contributed by atoms with Crippen LogP contribution >= 0.6 is 0 Å². The normalized spacial score (nSPS) is 21.3. The molecule has 0 amide bonds. The van der Waals surface area contributed by atoms with E-state index in [1.165, 1.54) is 0 Å². The summed E-state index contributed by atoms with van der Waals surface area (Å²) in [5.74, 6) is -3.24. The summed E-state index contributed by atoms with van der Waals surface area (Å²) in [5, 5.41) is 8.01. The van der Waals surface area contributed by atoms with Crippen molar-refractivity contribution in [1.82, 2.24) is 0 Å². The molecule has 3 rings (SSSR count). The van der Waals surface area contributed by atoms with Gasteiger partial charge in [0.1, 0.15) is 5.82 Å². The highest BCUT2D eigenvalue weighted by atomic mass is 19.4. The van der Waals surface area contributed by atoms with Gasteiger partial charge in [-0.15, -0.1) is 0 Å². The molecule has 124 valence electrons. The Bertz CT molecular complexity index is 798. The number of hydrogen-bond donors (Lipinski definition) is 1. The molecule has 0 heterocycles. The molecular formula is C18H13F4NO. The molecule has 24 heavy (non-hydrogen) atoms. The third-order valence-electron chi connectivity index (χ3n) is 4.24. The molecule has 2 atom stereocenters. The molecule has 0 aliphatic heterocycles. The second-order valence-corrected chi connectivity index (χ2v) is 5.76. The molecule has 2 nitrogen and oxygen atoms in total. The number of hydrogen-bond acceptors (Lipinski definition) is 2. The Morgan fingerprint density at radius 2 is 1.71 bits per heavy atom. The summed E-state index contributed by atoms with van der Waals surface area (Å²) in [5.41, 5.74) is -0.782. The minimum Gasteiger partial charge on any atom is -0.309 e. The van der Waals surface area contributed by atoms with Crippen LogP contribution in [0, 0.1) is 11.2 Å². The van der Waals surface area contributed by atoms with Crippen LogP contribution in [0.15, 0.2) is 48.5 Å². The smallest absolute Gasteiger partial charge is 0.309 e. The highest BCUT2D eigenvalue weighted by Crippen LogP contribution is 2.40. The molecule has 0 saturated heterocycles. The molecule has 1 aliphatic rings. The maximum Gasteiger partial charge on any atom is 0.416 e. The molecule has 1 saturated carbocycles. The first-order valence-corrected chi connectivity index (χ1v) is 7.31. The zero-order chi connectivity index (χ0) is 17.5. The van der Waals surface area contributed by atoms with Crippen molar-refractivity contribution in [2.45, 2.75) is 24.4 Å². The van der Waals surface area contributed by atoms with Crippen LogP contribution < -0.4 is 0 Å². The molecular weight excluding hydrogens is 322 g/mol. The predicted molar refractivity (Wildman–Crippen MR) is 80.7 cm³/mol. The van der Waals surface area contributed by atoms with Crippen LogP contribution in [0.4, 0.5) is 17.6 Å². The lowest BCUT2D eigenvalue weighted by Crippen LogP contribution is -2.17. The summed E-state index contributed by atoms with van der Waals surface area (Å²) in [4.78, 5) is 12.6. The van der Waals surface area contributed by atoms with E-state index in [0.717, 1.165) is 0 Å². The van der Waals surface area contributed by atoms with Gasteiger partial charge in [0.05, 0.1) is 11.5 Å². The molecule has 0 radical (unpaired) electrons. The van der Waals surface area contributed by atoms with E-state index >= 15 is 0 Å². The van der Waals surface area contributed by atoms with Crippen LogP contribution in [0.25, 0.3) is 0 Å². The fraction of sp³-hybridized carbons (Fsp3) is 0.222. The Kier molecular flexibility index (Phi) is 3.99. The molecule has 2 aromatic carbocycles. The fourth-order valence-electron chi connectivity index (χ4n) is 3.06. The quantitative estimate of drug-likeness (QED) is 0.794. The third-order valence-corrected chi connectivity index (χ3v) is 4.24. The van der Waals surface area contributed by atoms with Gasteiger partial charge in [-0.25, -0.2) is 4.39 Å². The van der Waals surface area contributed by atoms with Crippen molar-refractivity contribution in [2.75, 3.05) is 0 Å². The van der Waals surface area contributed by atoms with E-state index < -0.39 is 35.2 Å². The number of halogens is 4. The fourth-order valence-corrected chi connectivity index (χ4v) is 3.06. The molecule has 2 aromatic rings. The van der Waals surface area contributed by atoms with Gasteiger partial charge >= 0.3 is 6.18 Å². The number of carbonyl (C=O) groups excluding carboxylic acids is 1. The van der Waals surface area contributed by atoms with Gasteiger partial charge in [0.2, 0.25) is 0 Å².